The van der Waals surface area contributed by atoms with Crippen molar-refractivity contribution in [2.24, 2.45) is 29.6 Å². The molecule has 4 fully saturated rings. The molecule has 140 valence electrons. The Hall–Kier alpha value is -2.36. The molecule has 2 aromatic carbocycles. The third-order valence-electron chi connectivity index (χ3n) is 6.88. The second kappa shape index (κ2) is 6.66. The van der Waals surface area contributed by atoms with Crippen LogP contribution in [-0.4, -0.2) is 18.5 Å². The maximum Gasteiger partial charge on any atom is 0.310 e. The Morgan fingerprint density at radius 2 is 1.56 bits per heavy atom. The zero-order valence-corrected chi connectivity index (χ0v) is 15.4. The van der Waals surface area contributed by atoms with Crippen molar-refractivity contribution in [3.63, 3.8) is 0 Å². The van der Waals surface area contributed by atoms with Crippen LogP contribution in [0.25, 0.3) is 10.8 Å². The summed E-state index contributed by atoms with van der Waals surface area (Å²) >= 11 is 0. The standard InChI is InChI=1S/C23H25NO3/c25-21(24-20-6-5-16-3-1-2-4-17(16)12-20)13-27-23(26)22-18-8-14-7-15(10-18)11-19(22)9-14/h1-6,12,14-15,18-19,22H,7-11,13H2,(H,24,25). The number of hydrogen-bond donors (Lipinski definition) is 1. The smallest absolute Gasteiger partial charge is 0.310 e. The summed E-state index contributed by atoms with van der Waals surface area (Å²) in [4.78, 5) is 24.9. The summed E-state index contributed by atoms with van der Waals surface area (Å²) in [5.74, 6) is 2.21. The highest BCUT2D eigenvalue weighted by atomic mass is 16.5. The summed E-state index contributed by atoms with van der Waals surface area (Å²) in [5, 5.41) is 5.04. The van der Waals surface area contributed by atoms with Crippen molar-refractivity contribution in [3.8, 4) is 0 Å². The molecule has 4 aliphatic carbocycles. The summed E-state index contributed by atoms with van der Waals surface area (Å²) < 4.78 is 5.44. The molecule has 0 atom stereocenters. The van der Waals surface area contributed by atoms with Crippen LogP contribution in [-0.2, 0) is 14.3 Å². The van der Waals surface area contributed by atoms with Gasteiger partial charge in [-0.25, -0.2) is 0 Å². The van der Waals surface area contributed by atoms with Gasteiger partial charge in [-0.15, -0.1) is 0 Å². The lowest BCUT2D eigenvalue weighted by Crippen LogP contribution is -2.48. The van der Waals surface area contributed by atoms with Gasteiger partial charge >= 0.3 is 5.97 Å². The molecule has 4 heteroatoms. The van der Waals surface area contributed by atoms with Gasteiger partial charge in [0, 0.05) is 5.69 Å². The van der Waals surface area contributed by atoms with Gasteiger partial charge in [0.15, 0.2) is 6.61 Å². The quantitative estimate of drug-likeness (QED) is 0.820. The molecule has 27 heavy (non-hydrogen) atoms. The molecule has 2 aromatic rings. The lowest BCUT2D eigenvalue weighted by molar-refractivity contribution is -0.164. The van der Waals surface area contributed by atoms with Crippen molar-refractivity contribution < 1.29 is 14.3 Å². The largest absolute Gasteiger partial charge is 0.455 e. The van der Waals surface area contributed by atoms with Crippen LogP contribution in [0, 0.1) is 29.6 Å². The van der Waals surface area contributed by atoms with Crippen LogP contribution in [0.1, 0.15) is 32.1 Å². The Balaban J connectivity index is 1.18. The summed E-state index contributed by atoms with van der Waals surface area (Å²) in [5.41, 5.74) is 0.726. The predicted octanol–water partition coefficient (Wildman–Crippen LogP) is 4.39. The van der Waals surface area contributed by atoms with Crippen LogP contribution in [0.3, 0.4) is 0 Å². The molecule has 1 amide bonds. The summed E-state index contributed by atoms with van der Waals surface area (Å²) in [6.45, 7) is -0.200. The average molecular weight is 363 g/mol. The number of hydrogen-bond acceptors (Lipinski definition) is 3. The molecule has 0 unspecified atom stereocenters. The Morgan fingerprint density at radius 1 is 0.889 bits per heavy atom. The normalized spacial score (nSPS) is 31.0. The van der Waals surface area contributed by atoms with E-state index in [1.54, 1.807) is 0 Å². The summed E-state index contributed by atoms with van der Waals surface area (Å²) in [6.07, 6.45) is 6.07. The number of anilines is 1. The fraction of sp³-hybridized carbons (Fsp3) is 0.478. The number of carbonyl (C=O) groups is 2. The molecule has 1 N–H and O–H groups in total. The van der Waals surface area contributed by atoms with Gasteiger partial charge in [0.1, 0.15) is 0 Å². The first-order valence-electron chi connectivity index (χ1n) is 10.1. The van der Waals surface area contributed by atoms with Crippen molar-refractivity contribution in [1.29, 1.82) is 0 Å². The Kier molecular flexibility index (Phi) is 4.14. The second-order valence-corrected chi connectivity index (χ2v) is 8.67. The second-order valence-electron chi connectivity index (χ2n) is 8.67. The SMILES string of the molecule is O=C(COC(=O)C1C2CC3CC(C2)CC1C3)Nc1ccc2ccccc2c1. The maximum absolute atomic E-state index is 12.7. The van der Waals surface area contributed by atoms with Crippen molar-refractivity contribution in [1.82, 2.24) is 0 Å². The average Bonchev–Trinajstić information content (AvgIpc) is 2.65. The fourth-order valence-corrected chi connectivity index (χ4v) is 6.01. The summed E-state index contributed by atoms with van der Waals surface area (Å²) in [7, 11) is 0. The topological polar surface area (TPSA) is 55.4 Å². The number of fused-ring (bicyclic) bond motifs is 1. The lowest BCUT2D eigenvalue weighted by atomic mass is 9.52. The molecular weight excluding hydrogens is 338 g/mol. The van der Waals surface area contributed by atoms with Crippen LogP contribution >= 0.6 is 0 Å². The molecule has 0 spiro atoms. The molecular formula is C23H25NO3. The van der Waals surface area contributed by atoms with Crippen LogP contribution in [0.15, 0.2) is 42.5 Å². The van der Waals surface area contributed by atoms with Gasteiger partial charge in [0.2, 0.25) is 0 Å². The van der Waals surface area contributed by atoms with Crippen molar-refractivity contribution in [2.45, 2.75) is 32.1 Å². The minimum atomic E-state index is -0.276. The van der Waals surface area contributed by atoms with Crippen molar-refractivity contribution in [2.75, 3.05) is 11.9 Å². The molecule has 0 aromatic heterocycles. The molecule has 4 saturated carbocycles. The highest BCUT2D eigenvalue weighted by Crippen LogP contribution is 2.56. The zero-order chi connectivity index (χ0) is 18.4. The van der Waals surface area contributed by atoms with Gasteiger partial charge in [-0.1, -0.05) is 30.3 Å². The van der Waals surface area contributed by atoms with E-state index in [-0.39, 0.29) is 24.4 Å². The number of esters is 1. The molecule has 6 rings (SSSR count). The summed E-state index contributed by atoms with van der Waals surface area (Å²) in [6, 6.07) is 13.8. The minimum absolute atomic E-state index is 0.0197. The van der Waals surface area contributed by atoms with E-state index < -0.39 is 0 Å². The van der Waals surface area contributed by atoms with Gasteiger partial charge in [-0.3, -0.25) is 9.59 Å². The van der Waals surface area contributed by atoms with E-state index in [9.17, 15) is 9.59 Å². The number of carbonyl (C=O) groups excluding carboxylic acids is 2. The molecule has 0 radical (unpaired) electrons. The third-order valence-corrected chi connectivity index (χ3v) is 6.88. The zero-order valence-electron chi connectivity index (χ0n) is 15.4. The molecule has 4 bridgehead atoms. The van der Waals surface area contributed by atoms with Gasteiger partial charge in [0.05, 0.1) is 5.92 Å². The molecule has 0 aliphatic heterocycles. The number of amides is 1. The van der Waals surface area contributed by atoms with Crippen LogP contribution in [0.4, 0.5) is 5.69 Å². The fourth-order valence-electron chi connectivity index (χ4n) is 6.01. The Bertz CT molecular complexity index is 862. The first-order chi connectivity index (χ1) is 13.2. The van der Waals surface area contributed by atoms with E-state index >= 15 is 0 Å². The van der Waals surface area contributed by atoms with Gasteiger partial charge < -0.3 is 10.1 Å². The van der Waals surface area contributed by atoms with E-state index in [0.717, 1.165) is 28.3 Å². The van der Waals surface area contributed by atoms with E-state index in [4.69, 9.17) is 4.74 Å². The number of benzene rings is 2. The number of ether oxygens (including phenoxy) is 1. The molecule has 4 nitrogen and oxygen atoms in total. The monoisotopic (exact) mass is 363 g/mol. The van der Waals surface area contributed by atoms with Crippen LogP contribution in [0.5, 0.6) is 0 Å². The molecule has 0 saturated heterocycles. The van der Waals surface area contributed by atoms with E-state index in [1.807, 2.05) is 42.5 Å². The van der Waals surface area contributed by atoms with Gasteiger partial charge in [0.25, 0.3) is 5.91 Å². The molecule has 4 aliphatic rings. The van der Waals surface area contributed by atoms with Crippen molar-refractivity contribution >= 4 is 28.3 Å². The van der Waals surface area contributed by atoms with Crippen LogP contribution in [0.2, 0.25) is 0 Å². The first-order valence-corrected chi connectivity index (χ1v) is 10.1. The van der Waals surface area contributed by atoms with E-state index in [2.05, 4.69) is 5.32 Å². The van der Waals surface area contributed by atoms with Gasteiger partial charge in [-0.05, 0) is 78.7 Å². The lowest BCUT2D eigenvalue weighted by Gasteiger charge is -2.53. The Morgan fingerprint density at radius 3 is 2.26 bits per heavy atom. The Labute approximate surface area is 159 Å². The first kappa shape index (κ1) is 16.8. The molecule has 0 heterocycles. The maximum atomic E-state index is 12.7. The van der Waals surface area contributed by atoms with E-state index in [1.165, 1.54) is 32.1 Å². The van der Waals surface area contributed by atoms with Gasteiger partial charge in [-0.2, -0.15) is 0 Å². The minimum Gasteiger partial charge on any atom is -0.455 e. The predicted molar refractivity (Wildman–Crippen MR) is 104 cm³/mol. The number of rotatable bonds is 4. The van der Waals surface area contributed by atoms with Crippen LogP contribution < -0.4 is 5.32 Å². The number of nitrogens with one attached hydrogen (secondary N) is 1. The van der Waals surface area contributed by atoms with Crippen molar-refractivity contribution in [3.05, 3.63) is 42.5 Å². The highest BCUT2D eigenvalue weighted by molar-refractivity contribution is 5.95. The van der Waals surface area contributed by atoms with E-state index in [0.29, 0.717) is 11.8 Å². The third kappa shape index (κ3) is 3.22. The highest BCUT2D eigenvalue weighted by Gasteiger charge is 2.51.